The Morgan fingerprint density at radius 1 is 0.524 bits per heavy atom. The van der Waals surface area contributed by atoms with Crippen LogP contribution in [0.15, 0.2) is 24.3 Å². The summed E-state index contributed by atoms with van der Waals surface area (Å²) < 4.78 is 6.62. The predicted octanol–water partition coefficient (Wildman–Crippen LogP) is 3.72. The van der Waals surface area contributed by atoms with Crippen LogP contribution in [-0.2, 0) is 0 Å². The van der Waals surface area contributed by atoms with Gasteiger partial charge in [0.25, 0.3) is 0 Å². The van der Waals surface area contributed by atoms with Gasteiger partial charge in [0.1, 0.15) is 8.07 Å². The van der Waals surface area contributed by atoms with Crippen LogP contribution in [0.4, 0.5) is 0 Å². The first-order valence-electron chi connectivity index (χ1n) is 7.64. The van der Waals surface area contributed by atoms with E-state index in [2.05, 4.69) is 99.3 Å². The zero-order valence-electron chi connectivity index (χ0n) is 14.6. The summed E-state index contributed by atoms with van der Waals surface area (Å²) in [5.74, 6) is 0. The second-order valence-corrected chi connectivity index (χ2v) is 26.5. The Kier molecular flexibility index (Phi) is 4.64. The third kappa shape index (κ3) is 3.69. The number of hydrogen-bond acceptors (Lipinski definition) is 2. The molecule has 0 atom stereocenters. The Bertz CT molecular complexity index is 570. The molecule has 0 saturated carbocycles. The molecule has 21 heavy (non-hydrogen) atoms. The van der Waals surface area contributed by atoms with Crippen LogP contribution in [0.3, 0.4) is 0 Å². The fourth-order valence-electron chi connectivity index (χ4n) is 2.28. The quantitative estimate of drug-likeness (QED) is 0.721. The van der Waals surface area contributed by atoms with Crippen molar-refractivity contribution in [2.24, 2.45) is 0 Å². The highest BCUT2D eigenvalue weighted by atomic mass is 32.1. The molecule has 2 aromatic heterocycles. The topological polar surface area (TPSA) is 0 Å². The fourth-order valence-corrected chi connectivity index (χ4v) is 13.0. The van der Waals surface area contributed by atoms with E-state index < -0.39 is 24.2 Å². The molecule has 116 valence electrons. The molecule has 0 aromatic carbocycles. The van der Waals surface area contributed by atoms with E-state index >= 15 is 0 Å². The lowest BCUT2D eigenvalue weighted by atomic mass is 10.7. The molecule has 0 nitrogen and oxygen atoms in total. The Balaban J connectivity index is 2.38. The highest BCUT2D eigenvalue weighted by Gasteiger charge is 2.32. The van der Waals surface area contributed by atoms with Gasteiger partial charge in [-0.05, 0) is 18.0 Å². The van der Waals surface area contributed by atoms with E-state index in [-0.39, 0.29) is 0 Å². The Labute approximate surface area is 141 Å². The molecule has 0 aliphatic carbocycles. The summed E-state index contributed by atoms with van der Waals surface area (Å²) in [6.07, 6.45) is 0. The molecule has 5 heteroatoms. The lowest BCUT2D eigenvalue weighted by molar-refractivity contribution is 1.78. The van der Waals surface area contributed by atoms with Crippen molar-refractivity contribution in [2.75, 3.05) is 0 Å². The summed E-state index contributed by atoms with van der Waals surface area (Å²) in [4.78, 5) is 0. The van der Waals surface area contributed by atoms with Crippen LogP contribution >= 0.6 is 22.7 Å². The standard InChI is InChI=1S/C16H28S2Si3/c1-19(2,3)13-9-11-15(17-13)21(7,8)16-12-10-14(18-16)20(4,5)6/h9-12H,1-8H3. The van der Waals surface area contributed by atoms with Gasteiger partial charge in [0.2, 0.25) is 0 Å². The van der Waals surface area contributed by atoms with Gasteiger partial charge in [0.15, 0.2) is 0 Å². The minimum atomic E-state index is -1.49. The fraction of sp³-hybridized carbons (Fsp3) is 0.500. The van der Waals surface area contributed by atoms with Gasteiger partial charge < -0.3 is 0 Å². The summed E-state index contributed by atoms with van der Waals surface area (Å²) in [5, 5.41) is 0. The second-order valence-electron chi connectivity index (χ2n) is 8.45. The van der Waals surface area contributed by atoms with E-state index in [9.17, 15) is 0 Å². The van der Waals surface area contributed by atoms with E-state index in [0.29, 0.717) is 0 Å². The lowest BCUT2D eigenvalue weighted by Crippen LogP contribution is -2.50. The monoisotopic (exact) mass is 368 g/mol. The number of thiophene rings is 2. The van der Waals surface area contributed by atoms with Crippen LogP contribution in [0.5, 0.6) is 0 Å². The maximum Gasteiger partial charge on any atom is 0.137 e. The van der Waals surface area contributed by atoms with Crippen molar-refractivity contribution in [2.45, 2.75) is 52.4 Å². The zero-order chi connectivity index (χ0) is 16.1. The molecule has 0 spiro atoms. The Hall–Kier alpha value is 0.0506. The molecular formula is C16H28S2Si3. The molecule has 2 aromatic rings. The third-order valence-corrected chi connectivity index (χ3v) is 19.4. The van der Waals surface area contributed by atoms with Crippen molar-refractivity contribution < 1.29 is 0 Å². The van der Waals surface area contributed by atoms with Gasteiger partial charge in [0, 0.05) is 0 Å². The lowest BCUT2D eigenvalue weighted by Gasteiger charge is -2.20. The van der Waals surface area contributed by atoms with Gasteiger partial charge in [-0.25, -0.2) is 0 Å². The number of rotatable bonds is 4. The summed E-state index contributed by atoms with van der Waals surface area (Å²) in [7, 11) is -3.82. The van der Waals surface area contributed by atoms with Crippen LogP contribution < -0.4 is 18.0 Å². The van der Waals surface area contributed by atoms with Crippen molar-refractivity contribution in [3.8, 4) is 0 Å². The van der Waals surface area contributed by atoms with E-state index in [1.165, 1.54) is 0 Å². The summed E-state index contributed by atoms with van der Waals surface area (Å²) in [6, 6.07) is 9.68. The second kappa shape index (κ2) is 5.60. The molecule has 0 radical (unpaired) electrons. The molecule has 0 aliphatic rings. The first-order valence-corrected chi connectivity index (χ1v) is 19.3. The summed E-state index contributed by atoms with van der Waals surface area (Å²) in [5.41, 5.74) is 0. The van der Waals surface area contributed by atoms with Crippen LogP contribution in [0.2, 0.25) is 52.4 Å². The van der Waals surface area contributed by atoms with E-state index in [1.807, 2.05) is 0 Å². The van der Waals surface area contributed by atoms with Crippen LogP contribution in [0.25, 0.3) is 0 Å². The highest BCUT2D eigenvalue weighted by molar-refractivity contribution is 7.43. The molecule has 0 bridgehead atoms. The maximum atomic E-state index is 2.52. The largest absolute Gasteiger partial charge is 0.154 e. The van der Waals surface area contributed by atoms with Crippen molar-refractivity contribution >= 4 is 64.9 Å². The van der Waals surface area contributed by atoms with E-state index in [1.54, 1.807) is 18.0 Å². The van der Waals surface area contributed by atoms with Crippen molar-refractivity contribution in [3.63, 3.8) is 0 Å². The average molecular weight is 369 g/mol. The minimum Gasteiger partial charge on any atom is -0.154 e. The van der Waals surface area contributed by atoms with Crippen molar-refractivity contribution in [1.29, 1.82) is 0 Å². The molecule has 0 amide bonds. The highest BCUT2D eigenvalue weighted by Crippen LogP contribution is 2.15. The van der Waals surface area contributed by atoms with E-state index in [0.717, 1.165) is 0 Å². The van der Waals surface area contributed by atoms with Gasteiger partial charge in [-0.2, -0.15) is 22.7 Å². The maximum absolute atomic E-state index is 2.52. The molecule has 2 rings (SSSR count). The number of hydrogen-bond donors (Lipinski definition) is 0. The van der Waals surface area contributed by atoms with Crippen LogP contribution in [0, 0.1) is 0 Å². The molecule has 0 saturated heterocycles. The first kappa shape index (κ1) is 17.4. The first-order chi connectivity index (χ1) is 9.42. The summed E-state index contributed by atoms with van der Waals surface area (Å²) >= 11 is 4.20. The minimum absolute atomic E-state index is 1.17. The van der Waals surface area contributed by atoms with Crippen molar-refractivity contribution in [1.82, 2.24) is 0 Å². The molecule has 2 heterocycles. The Morgan fingerprint density at radius 3 is 1.05 bits per heavy atom. The summed E-state index contributed by atoms with van der Waals surface area (Å²) in [6.45, 7) is 19.7. The molecule has 0 N–H and O–H groups in total. The molecule has 0 aliphatic heterocycles. The average Bonchev–Trinajstić information content (AvgIpc) is 2.97. The zero-order valence-corrected chi connectivity index (χ0v) is 19.3. The smallest absolute Gasteiger partial charge is 0.137 e. The SMILES string of the molecule is C[Si](C)(C)c1ccc([Si](C)(C)c2ccc([Si](C)(C)C)s2)s1. The molecule has 0 fully saturated rings. The predicted molar refractivity (Wildman–Crippen MR) is 111 cm³/mol. The van der Waals surface area contributed by atoms with Crippen LogP contribution in [0.1, 0.15) is 0 Å². The molecular weight excluding hydrogens is 341 g/mol. The van der Waals surface area contributed by atoms with Gasteiger partial charge >= 0.3 is 0 Å². The Morgan fingerprint density at radius 2 is 0.810 bits per heavy atom. The van der Waals surface area contributed by atoms with Gasteiger partial charge in [0.05, 0.1) is 16.1 Å². The van der Waals surface area contributed by atoms with Gasteiger partial charge in [-0.3, -0.25) is 0 Å². The van der Waals surface area contributed by atoms with Crippen LogP contribution in [-0.4, -0.2) is 24.2 Å². The third-order valence-electron chi connectivity index (χ3n) is 3.92. The van der Waals surface area contributed by atoms with E-state index in [4.69, 9.17) is 0 Å². The van der Waals surface area contributed by atoms with Gasteiger partial charge in [-0.15, -0.1) is 0 Å². The molecule has 0 unspecified atom stereocenters. The van der Waals surface area contributed by atoms with Crippen molar-refractivity contribution in [3.05, 3.63) is 24.3 Å². The van der Waals surface area contributed by atoms with Gasteiger partial charge in [-0.1, -0.05) is 76.6 Å². The normalized spacial score (nSPS) is 13.7.